The highest BCUT2D eigenvalue weighted by molar-refractivity contribution is 5.76. The van der Waals surface area contributed by atoms with E-state index in [4.69, 9.17) is 9.47 Å². The molecule has 0 radical (unpaired) electrons. The molecule has 1 aliphatic heterocycles. The van der Waals surface area contributed by atoms with Gasteiger partial charge in [-0.1, -0.05) is 17.7 Å². The molecule has 5 nitrogen and oxygen atoms in total. The van der Waals surface area contributed by atoms with Crippen LogP contribution < -0.4 is 14.8 Å². The largest absolute Gasteiger partial charge is 0.497 e. The van der Waals surface area contributed by atoms with Crippen LogP contribution in [0.5, 0.6) is 11.5 Å². The molecule has 5 heteroatoms. The van der Waals surface area contributed by atoms with Crippen molar-refractivity contribution < 1.29 is 14.3 Å². The molecule has 1 aromatic carbocycles. The number of ether oxygens (including phenoxy) is 2. The van der Waals surface area contributed by atoms with Gasteiger partial charge >= 0.3 is 0 Å². The molecule has 1 aliphatic carbocycles. The van der Waals surface area contributed by atoms with Gasteiger partial charge < -0.3 is 14.8 Å². The van der Waals surface area contributed by atoms with Crippen molar-refractivity contribution in [2.45, 2.75) is 58.1 Å². The van der Waals surface area contributed by atoms with E-state index in [0.29, 0.717) is 6.42 Å². The van der Waals surface area contributed by atoms with Crippen LogP contribution in [-0.2, 0) is 11.3 Å². The van der Waals surface area contributed by atoms with Gasteiger partial charge in [0.25, 0.3) is 0 Å². The normalized spacial score (nSPS) is 20.1. The second kappa shape index (κ2) is 9.79. The minimum atomic E-state index is 0.0830. The monoisotopic (exact) mass is 372 g/mol. The third kappa shape index (κ3) is 5.99. The highest BCUT2D eigenvalue weighted by Crippen LogP contribution is 2.29. The van der Waals surface area contributed by atoms with Crippen LogP contribution in [0.1, 0.15) is 51.0 Å². The first-order valence-electron chi connectivity index (χ1n) is 10.1. The minimum Gasteiger partial charge on any atom is -0.497 e. The molecule has 1 amide bonds. The van der Waals surface area contributed by atoms with Crippen LogP contribution in [0.3, 0.4) is 0 Å². The topological polar surface area (TPSA) is 50.8 Å². The summed E-state index contributed by atoms with van der Waals surface area (Å²) in [6.45, 7) is 5.18. The number of hydrogen-bond acceptors (Lipinski definition) is 4. The summed E-state index contributed by atoms with van der Waals surface area (Å²) in [6, 6.07) is 5.96. The van der Waals surface area contributed by atoms with E-state index in [1.165, 1.54) is 31.3 Å². The number of carbonyl (C=O) groups is 1. The second-order valence-electron chi connectivity index (χ2n) is 7.60. The van der Waals surface area contributed by atoms with Crippen LogP contribution in [0.4, 0.5) is 0 Å². The fourth-order valence-corrected chi connectivity index (χ4v) is 3.84. The zero-order valence-electron chi connectivity index (χ0n) is 16.6. The first-order valence-corrected chi connectivity index (χ1v) is 10.1. The van der Waals surface area contributed by atoms with Gasteiger partial charge in [-0.2, -0.15) is 0 Å². The lowest BCUT2D eigenvalue weighted by Gasteiger charge is -2.21. The molecular formula is C22H32N2O3. The van der Waals surface area contributed by atoms with Crippen molar-refractivity contribution in [1.29, 1.82) is 0 Å². The number of amides is 1. The zero-order valence-corrected chi connectivity index (χ0v) is 16.6. The highest BCUT2D eigenvalue weighted by Gasteiger charge is 2.21. The number of nitrogens with zero attached hydrogens (tertiary/aromatic N) is 1. The molecule has 0 saturated heterocycles. The summed E-state index contributed by atoms with van der Waals surface area (Å²) in [6.07, 6.45) is 8.96. The molecule has 0 unspecified atom stereocenters. The molecule has 1 N–H and O–H groups in total. The van der Waals surface area contributed by atoms with Gasteiger partial charge in [0.2, 0.25) is 5.91 Å². The second-order valence-corrected chi connectivity index (χ2v) is 7.60. The number of rotatable bonds is 7. The van der Waals surface area contributed by atoms with Gasteiger partial charge in [0.1, 0.15) is 17.6 Å². The van der Waals surface area contributed by atoms with Crippen molar-refractivity contribution in [3.8, 4) is 11.5 Å². The van der Waals surface area contributed by atoms with E-state index in [1.54, 1.807) is 7.11 Å². The number of carbonyl (C=O) groups excluding carboxylic acids is 1. The maximum atomic E-state index is 12.2. The van der Waals surface area contributed by atoms with Gasteiger partial charge in [-0.05, 0) is 45.1 Å². The Balaban J connectivity index is 1.45. The summed E-state index contributed by atoms with van der Waals surface area (Å²) >= 11 is 0. The van der Waals surface area contributed by atoms with E-state index < -0.39 is 0 Å². The molecular weight excluding hydrogens is 340 g/mol. The minimum absolute atomic E-state index is 0.0830. The Morgan fingerprint density at radius 3 is 3.04 bits per heavy atom. The number of hydrogen-bond donors (Lipinski definition) is 1. The predicted molar refractivity (Wildman–Crippen MR) is 107 cm³/mol. The summed E-state index contributed by atoms with van der Waals surface area (Å²) in [5, 5.41) is 3.08. The van der Waals surface area contributed by atoms with Gasteiger partial charge in [0.15, 0.2) is 0 Å². The van der Waals surface area contributed by atoms with E-state index in [2.05, 4.69) is 29.3 Å². The molecule has 148 valence electrons. The molecule has 1 atom stereocenters. The molecule has 1 heterocycles. The summed E-state index contributed by atoms with van der Waals surface area (Å²) in [7, 11) is 1.66. The van der Waals surface area contributed by atoms with Crippen molar-refractivity contribution in [2.75, 3.05) is 26.7 Å². The fraction of sp³-hybridized carbons (Fsp3) is 0.591. The molecule has 0 saturated carbocycles. The van der Waals surface area contributed by atoms with Crippen molar-refractivity contribution >= 4 is 5.91 Å². The van der Waals surface area contributed by atoms with Gasteiger partial charge in [-0.3, -0.25) is 9.69 Å². The van der Waals surface area contributed by atoms with Crippen molar-refractivity contribution in [2.24, 2.45) is 0 Å². The number of nitrogens with one attached hydrogen (secondary N) is 1. The summed E-state index contributed by atoms with van der Waals surface area (Å²) in [5.74, 6) is 1.83. The molecule has 2 aliphatic rings. The Hall–Kier alpha value is -2.01. The standard InChI is InChI=1S/C22H32N2O3/c1-17-15-24(16-19-8-9-20(26-2)14-21(19)27-17)13-11-22(25)23-12-10-18-6-4-3-5-7-18/h6,8-9,14,17H,3-5,7,10-13,15-16H2,1-2H3,(H,23,25)/t17-/m1/s1. The molecule has 3 rings (SSSR count). The molecule has 0 bridgehead atoms. The maximum absolute atomic E-state index is 12.2. The molecule has 1 aromatic rings. The van der Waals surface area contributed by atoms with Crippen molar-refractivity contribution in [1.82, 2.24) is 10.2 Å². The lowest BCUT2D eigenvalue weighted by molar-refractivity contribution is -0.121. The summed E-state index contributed by atoms with van der Waals surface area (Å²) in [5.41, 5.74) is 2.65. The smallest absolute Gasteiger partial charge is 0.221 e. The number of methoxy groups -OCH3 is 1. The number of allylic oxidation sites excluding steroid dienone is 1. The Kier molecular flexibility index (Phi) is 7.16. The van der Waals surface area contributed by atoms with Crippen LogP contribution in [0, 0.1) is 0 Å². The Bertz CT molecular complexity index is 672. The lowest BCUT2D eigenvalue weighted by atomic mass is 9.97. The Morgan fingerprint density at radius 2 is 2.26 bits per heavy atom. The number of fused-ring (bicyclic) bond motifs is 1. The van der Waals surface area contributed by atoms with E-state index in [1.807, 2.05) is 12.1 Å². The molecule has 0 aromatic heterocycles. The van der Waals surface area contributed by atoms with Gasteiger partial charge in [0, 0.05) is 44.2 Å². The van der Waals surface area contributed by atoms with Crippen LogP contribution in [0.2, 0.25) is 0 Å². The Labute approximate surface area is 162 Å². The quantitative estimate of drug-likeness (QED) is 0.742. The first-order chi connectivity index (χ1) is 13.1. The van der Waals surface area contributed by atoms with E-state index in [0.717, 1.165) is 49.7 Å². The third-order valence-electron chi connectivity index (χ3n) is 5.32. The van der Waals surface area contributed by atoms with Gasteiger partial charge in [-0.15, -0.1) is 0 Å². The fourth-order valence-electron chi connectivity index (χ4n) is 3.84. The maximum Gasteiger partial charge on any atom is 0.221 e. The van der Waals surface area contributed by atoms with Gasteiger partial charge in [0.05, 0.1) is 7.11 Å². The van der Waals surface area contributed by atoms with Crippen LogP contribution in [0.15, 0.2) is 29.8 Å². The lowest BCUT2D eigenvalue weighted by Crippen LogP contribution is -2.35. The van der Waals surface area contributed by atoms with Crippen LogP contribution in [-0.4, -0.2) is 43.7 Å². The van der Waals surface area contributed by atoms with Crippen molar-refractivity contribution in [3.63, 3.8) is 0 Å². The summed E-state index contributed by atoms with van der Waals surface area (Å²) < 4.78 is 11.3. The molecule has 0 fully saturated rings. The highest BCUT2D eigenvalue weighted by atomic mass is 16.5. The van der Waals surface area contributed by atoms with Crippen LogP contribution in [0.25, 0.3) is 0 Å². The zero-order chi connectivity index (χ0) is 19.1. The number of benzene rings is 1. The predicted octanol–water partition coefficient (Wildman–Crippen LogP) is 3.67. The van der Waals surface area contributed by atoms with E-state index in [-0.39, 0.29) is 12.0 Å². The van der Waals surface area contributed by atoms with E-state index >= 15 is 0 Å². The summed E-state index contributed by atoms with van der Waals surface area (Å²) in [4.78, 5) is 14.5. The van der Waals surface area contributed by atoms with Crippen LogP contribution >= 0.6 is 0 Å². The average Bonchev–Trinajstić information content (AvgIpc) is 2.84. The average molecular weight is 373 g/mol. The SMILES string of the molecule is COc1ccc2c(c1)O[C@H](C)CN(CCC(=O)NCCC1=CCCCC1)C2. The molecule has 0 spiro atoms. The van der Waals surface area contributed by atoms with E-state index in [9.17, 15) is 4.79 Å². The molecule has 27 heavy (non-hydrogen) atoms. The van der Waals surface area contributed by atoms with Crippen molar-refractivity contribution in [3.05, 3.63) is 35.4 Å². The van der Waals surface area contributed by atoms with Gasteiger partial charge in [-0.25, -0.2) is 0 Å². The third-order valence-corrected chi connectivity index (χ3v) is 5.32. The Morgan fingerprint density at radius 1 is 1.37 bits per heavy atom. The first kappa shape index (κ1) is 19.7.